The zero-order valence-corrected chi connectivity index (χ0v) is 14.7. The van der Waals surface area contributed by atoms with Gasteiger partial charge < -0.3 is 10.6 Å². The molecule has 1 saturated heterocycles. The summed E-state index contributed by atoms with van der Waals surface area (Å²) in [6.45, 7) is 7.16. The molecule has 23 heavy (non-hydrogen) atoms. The largest absolute Gasteiger partial charge is 0.315 e. The summed E-state index contributed by atoms with van der Waals surface area (Å²) in [7, 11) is 0. The Hall–Kier alpha value is -0.980. The van der Waals surface area contributed by atoms with Gasteiger partial charge in [0.05, 0.1) is 11.1 Å². The van der Waals surface area contributed by atoms with Gasteiger partial charge >= 0.3 is 0 Å². The number of nitrogens with zero attached hydrogens (tertiary/aromatic N) is 2. The smallest absolute Gasteiger partial charge is 0.233 e. The van der Waals surface area contributed by atoms with Gasteiger partial charge in [0.1, 0.15) is 0 Å². The maximum atomic E-state index is 13.0. The Morgan fingerprint density at radius 3 is 3.30 bits per heavy atom. The highest BCUT2D eigenvalue weighted by atomic mass is 32.1. The number of hydrogen-bond donors (Lipinski definition) is 2. The molecule has 1 aromatic rings. The fraction of sp³-hybridized carbons (Fsp3) is 0.765. The summed E-state index contributed by atoms with van der Waals surface area (Å²) in [6.07, 6.45) is 5.64. The Labute approximate surface area is 141 Å². The summed E-state index contributed by atoms with van der Waals surface area (Å²) in [6, 6.07) is 0. The molecule has 1 aromatic heterocycles. The molecule has 0 radical (unpaired) electrons. The van der Waals surface area contributed by atoms with Crippen LogP contribution in [-0.4, -0.2) is 42.0 Å². The van der Waals surface area contributed by atoms with Crippen molar-refractivity contribution in [3.05, 3.63) is 10.6 Å². The maximum Gasteiger partial charge on any atom is 0.233 e. The molecule has 0 bridgehead atoms. The average Bonchev–Trinajstić information content (AvgIpc) is 3.17. The van der Waals surface area contributed by atoms with E-state index < -0.39 is 0 Å². The van der Waals surface area contributed by atoms with Crippen molar-refractivity contribution in [1.82, 2.24) is 15.2 Å². The second-order valence-corrected chi connectivity index (χ2v) is 8.28. The molecule has 5 nitrogen and oxygen atoms in total. The minimum Gasteiger partial charge on any atom is -0.315 e. The van der Waals surface area contributed by atoms with Gasteiger partial charge in [-0.2, -0.15) is 0 Å². The topological polar surface area (TPSA) is 57.3 Å². The predicted octanol–water partition coefficient (Wildman–Crippen LogP) is 2.24. The lowest BCUT2D eigenvalue weighted by Crippen LogP contribution is -2.44. The van der Waals surface area contributed by atoms with E-state index in [-0.39, 0.29) is 11.3 Å². The van der Waals surface area contributed by atoms with Crippen LogP contribution < -0.4 is 10.6 Å². The number of aromatic nitrogens is 1. The van der Waals surface area contributed by atoms with Gasteiger partial charge in [0, 0.05) is 30.9 Å². The van der Waals surface area contributed by atoms with Crippen LogP contribution in [0.2, 0.25) is 0 Å². The number of rotatable bonds is 3. The maximum absolute atomic E-state index is 13.0. The monoisotopic (exact) mass is 334 g/mol. The first-order valence-corrected chi connectivity index (χ1v) is 9.76. The normalized spacial score (nSPS) is 30.7. The number of nitrogens with one attached hydrogen (secondary N) is 2. The highest BCUT2D eigenvalue weighted by Gasteiger charge is 2.50. The summed E-state index contributed by atoms with van der Waals surface area (Å²) in [5.74, 6) is 0.701. The van der Waals surface area contributed by atoms with Crippen LogP contribution in [0.15, 0.2) is 0 Å². The Bertz CT molecular complexity index is 601. The van der Waals surface area contributed by atoms with Gasteiger partial charge in [0.2, 0.25) is 5.91 Å². The van der Waals surface area contributed by atoms with E-state index in [0.29, 0.717) is 5.92 Å². The molecule has 3 heterocycles. The molecule has 2 fully saturated rings. The lowest BCUT2D eigenvalue weighted by molar-refractivity contribution is -0.128. The summed E-state index contributed by atoms with van der Waals surface area (Å²) < 4.78 is 0. The second-order valence-electron chi connectivity index (χ2n) is 7.19. The Morgan fingerprint density at radius 1 is 1.52 bits per heavy atom. The van der Waals surface area contributed by atoms with E-state index in [1.807, 2.05) is 0 Å². The van der Waals surface area contributed by atoms with Gasteiger partial charge in [-0.05, 0) is 31.8 Å². The molecule has 1 aliphatic carbocycles. The van der Waals surface area contributed by atoms with Crippen LogP contribution in [0.25, 0.3) is 0 Å². The Balaban J connectivity index is 1.50. The van der Waals surface area contributed by atoms with Crippen LogP contribution in [0.3, 0.4) is 0 Å². The summed E-state index contributed by atoms with van der Waals surface area (Å²) in [5, 5.41) is 7.43. The third-order valence-corrected chi connectivity index (χ3v) is 6.97. The first-order valence-electron chi connectivity index (χ1n) is 8.94. The van der Waals surface area contributed by atoms with Gasteiger partial charge in [0.25, 0.3) is 0 Å². The molecule has 0 unspecified atom stereocenters. The summed E-state index contributed by atoms with van der Waals surface area (Å²) in [4.78, 5) is 21.5. The van der Waals surface area contributed by atoms with E-state index >= 15 is 0 Å². The van der Waals surface area contributed by atoms with Crippen LogP contribution in [0.5, 0.6) is 0 Å². The van der Waals surface area contributed by atoms with E-state index in [9.17, 15) is 4.79 Å². The quantitative estimate of drug-likeness (QED) is 0.890. The number of hydrogen-bond acceptors (Lipinski definition) is 5. The highest BCUT2D eigenvalue weighted by molar-refractivity contribution is 7.15. The molecule has 2 atom stereocenters. The van der Waals surface area contributed by atoms with Gasteiger partial charge in [-0.15, -0.1) is 11.3 Å². The van der Waals surface area contributed by atoms with Crippen LogP contribution in [0.1, 0.15) is 43.2 Å². The molecule has 1 saturated carbocycles. The molecule has 4 rings (SSSR count). The molecular weight excluding hydrogens is 308 g/mol. The van der Waals surface area contributed by atoms with Crippen LogP contribution in [0.4, 0.5) is 5.13 Å². The third-order valence-electron chi connectivity index (χ3n) is 5.97. The number of carbonyl (C=O) groups excluding carboxylic acids is 1. The number of amides is 1. The van der Waals surface area contributed by atoms with Crippen LogP contribution >= 0.6 is 11.3 Å². The van der Waals surface area contributed by atoms with Crippen molar-refractivity contribution in [3.8, 4) is 0 Å². The minimum absolute atomic E-state index is 0.195. The van der Waals surface area contributed by atoms with Gasteiger partial charge in [0.15, 0.2) is 5.13 Å². The van der Waals surface area contributed by atoms with E-state index in [2.05, 4.69) is 22.5 Å². The Morgan fingerprint density at radius 2 is 2.43 bits per heavy atom. The number of thiazole rings is 1. The van der Waals surface area contributed by atoms with E-state index in [1.54, 1.807) is 11.3 Å². The molecule has 0 aromatic carbocycles. The van der Waals surface area contributed by atoms with Crippen molar-refractivity contribution in [2.75, 3.05) is 31.5 Å². The average molecular weight is 334 g/mol. The van der Waals surface area contributed by atoms with Crippen molar-refractivity contribution >= 4 is 22.4 Å². The zero-order valence-electron chi connectivity index (χ0n) is 13.9. The fourth-order valence-electron chi connectivity index (χ4n) is 4.48. The van der Waals surface area contributed by atoms with Crippen molar-refractivity contribution < 1.29 is 4.79 Å². The molecular formula is C17H26N4OS. The second kappa shape index (κ2) is 6.15. The SMILES string of the molecule is CCN1CCc2nc(NC(=O)[C@@]34CCCC[C@H]3CNC4)sc2C1. The van der Waals surface area contributed by atoms with E-state index in [0.717, 1.165) is 50.7 Å². The minimum atomic E-state index is -0.195. The Kier molecular flexibility index (Phi) is 4.15. The van der Waals surface area contributed by atoms with Crippen molar-refractivity contribution in [3.63, 3.8) is 0 Å². The third kappa shape index (κ3) is 2.71. The standard InChI is InChI=1S/C17H26N4OS/c1-2-21-8-6-13-14(10-21)23-16(19-13)20-15(22)17-7-4-3-5-12(17)9-18-11-17/h12,18H,2-11H2,1H3,(H,19,20,22)/t12-,17+/m0/s1. The number of anilines is 1. The van der Waals surface area contributed by atoms with Crippen molar-refractivity contribution in [2.45, 2.75) is 45.6 Å². The lowest BCUT2D eigenvalue weighted by atomic mass is 9.68. The predicted molar refractivity (Wildman–Crippen MR) is 92.7 cm³/mol. The van der Waals surface area contributed by atoms with Crippen LogP contribution in [0, 0.1) is 11.3 Å². The first kappa shape index (κ1) is 15.5. The molecule has 2 N–H and O–H groups in total. The first-order chi connectivity index (χ1) is 11.2. The lowest BCUT2D eigenvalue weighted by Gasteiger charge is -2.36. The number of carbonyl (C=O) groups is 1. The molecule has 0 spiro atoms. The highest BCUT2D eigenvalue weighted by Crippen LogP contribution is 2.44. The van der Waals surface area contributed by atoms with Crippen LogP contribution in [-0.2, 0) is 17.8 Å². The molecule has 126 valence electrons. The number of fused-ring (bicyclic) bond motifs is 2. The number of likely N-dealkylation sites (N-methyl/N-ethyl adjacent to an activating group) is 1. The zero-order chi connectivity index (χ0) is 15.9. The molecule has 1 amide bonds. The molecule has 3 aliphatic rings. The van der Waals surface area contributed by atoms with Crippen molar-refractivity contribution in [1.29, 1.82) is 0 Å². The van der Waals surface area contributed by atoms with Gasteiger partial charge in [-0.25, -0.2) is 4.98 Å². The molecule has 6 heteroatoms. The van der Waals surface area contributed by atoms with E-state index in [4.69, 9.17) is 4.98 Å². The fourth-order valence-corrected chi connectivity index (χ4v) is 5.53. The van der Waals surface area contributed by atoms with Crippen molar-refractivity contribution in [2.24, 2.45) is 11.3 Å². The van der Waals surface area contributed by atoms with Gasteiger partial charge in [-0.1, -0.05) is 19.8 Å². The van der Waals surface area contributed by atoms with E-state index in [1.165, 1.54) is 29.8 Å². The molecule has 2 aliphatic heterocycles. The summed E-state index contributed by atoms with van der Waals surface area (Å²) >= 11 is 1.67. The summed E-state index contributed by atoms with van der Waals surface area (Å²) in [5.41, 5.74) is 0.997. The van der Waals surface area contributed by atoms with Gasteiger partial charge in [-0.3, -0.25) is 9.69 Å².